The van der Waals surface area contributed by atoms with Gasteiger partial charge >= 0.3 is 12.6 Å². The Morgan fingerprint density at radius 2 is 1.97 bits per heavy atom. The first-order valence-corrected chi connectivity index (χ1v) is 11.8. The summed E-state index contributed by atoms with van der Waals surface area (Å²) < 4.78 is 37.2. The number of alkyl halides is 2. The number of likely N-dealkylation sites (tertiary alicyclic amines) is 1. The number of carboxylic acids is 1. The van der Waals surface area contributed by atoms with Crippen LogP contribution in [0.5, 0.6) is 5.75 Å². The highest BCUT2D eigenvalue weighted by Crippen LogP contribution is 2.38. The molecule has 37 heavy (non-hydrogen) atoms. The van der Waals surface area contributed by atoms with Gasteiger partial charge in [0.15, 0.2) is 11.3 Å². The van der Waals surface area contributed by atoms with Gasteiger partial charge in [-0.05, 0) is 55.1 Å². The molecule has 1 N–H and O–H groups in total. The molecule has 4 aromatic rings. The first-order valence-electron chi connectivity index (χ1n) is 11.8. The van der Waals surface area contributed by atoms with E-state index in [-0.39, 0.29) is 17.9 Å². The summed E-state index contributed by atoms with van der Waals surface area (Å²) in [6, 6.07) is 15.3. The first kappa shape index (κ1) is 24.4. The largest absolute Gasteiger partial charge is 0.480 e. The predicted octanol–water partition coefficient (Wildman–Crippen LogP) is 6.67. The Bertz CT molecular complexity index is 1530. The number of hydrogen-bond acceptors (Lipinski definition) is 5. The summed E-state index contributed by atoms with van der Waals surface area (Å²) in [7, 11) is 0. The molecule has 0 spiro atoms. The zero-order valence-corrected chi connectivity index (χ0v) is 19.9. The molecule has 1 aliphatic rings. The number of carboxylic acid groups (broad SMARTS) is 1. The highest BCUT2D eigenvalue weighted by molar-refractivity contribution is 5.85. The van der Waals surface area contributed by atoms with E-state index in [2.05, 4.69) is 9.83 Å². The van der Waals surface area contributed by atoms with Crippen LogP contribution in [0.25, 0.3) is 38.5 Å². The van der Waals surface area contributed by atoms with Crippen LogP contribution in [0.4, 0.5) is 14.5 Å². The summed E-state index contributed by atoms with van der Waals surface area (Å²) in [4.78, 5) is 21.6. The lowest BCUT2D eigenvalue weighted by Gasteiger charge is -2.22. The molecule has 1 aliphatic heterocycles. The fourth-order valence-corrected chi connectivity index (χ4v) is 4.91. The number of benzene rings is 3. The molecule has 0 amide bonds. The van der Waals surface area contributed by atoms with Gasteiger partial charge in [-0.1, -0.05) is 36.4 Å². The van der Waals surface area contributed by atoms with Gasteiger partial charge in [-0.15, -0.1) is 0 Å². The molecule has 3 aromatic carbocycles. The van der Waals surface area contributed by atoms with E-state index in [0.717, 1.165) is 16.7 Å². The number of hydrogen-bond donors (Lipinski definition) is 1. The van der Waals surface area contributed by atoms with E-state index in [9.17, 15) is 18.7 Å². The lowest BCUT2D eigenvalue weighted by molar-refractivity contribution is -0.142. The fourth-order valence-electron chi connectivity index (χ4n) is 4.91. The molecule has 7 nitrogen and oxygen atoms in total. The SMILES string of the molecule is [C-]#[N+]c1ccccc1-c1cccc(-c2nc3cc(CN4CCCC4C(=O)O)c(OC(F)F)cc3o2)c1C. The Morgan fingerprint density at radius 3 is 2.73 bits per heavy atom. The average Bonchev–Trinajstić information content (AvgIpc) is 3.51. The van der Waals surface area contributed by atoms with Crippen LogP contribution in [0, 0.1) is 13.5 Å². The topological polar surface area (TPSA) is 80.2 Å². The number of para-hydroxylation sites is 1. The van der Waals surface area contributed by atoms with Crippen molar-refractivity contribution in [1.29, 1.82) is 0 Å². The van der Waals surface area contributed by atoms with Gasteiger partial charge in [0.2, 0.25) is 5.89 Å². The van der Waals surface area contributed by atoms with Crippen molar-refractivity contribution in [2.45, 2.75) is 39.0 Å². The van der Waals surface area contributed by atoms with Crippen molar-refractivity contribution in [3.8, 4) is 28.3 Å². The van der Waals surface area contributed by atoms with Crippen molar-refractivity contribution < 1.29 is 27.8 Å². The van der Waals surface area contributed by atoms with Gasteiger partial charge in [0.05, 0.1) is 6.57 Å². The Labute approximate surface area is 211 Å². The van der Waals surface area contributed by atoms with E-state index in [4.69, 9.17) is 15.7 Å². The maximum absolute atomic E-state index is 13.2. The van der Waals surface area contributed by atoms with Crippen LogP contribution in [0.2, 0.25) is 0 Å². The van der Waals surface area contributed by atoms with Crippen molar-refractivity contribution in [3.63, 3.8) is 0 Å². The predicted molar refractivity (Wildman–Crippen MR) is 134 cm³/mol. The molecule has 1 fully saturated rings. The quantitative estimate of drug-likeness (QED) is 0.284. The fraction of sp³-hybridized carbons (Fsp3) is 0.250. The van der Waals surface area contributed by atoms with Crippen molar-refractivity contribution in [1.82, 2.24) is 9.88 Å². The molecule has 1 atom stereocenters. The molecule has 1 saturated heterocycles. The second-order valence-corrected chi connectivity index (χ2v) is 8.90. The lowest BCUT2D eigenvalue weighted by atomic mass is 9.95. The second-order valence-electron chi connectivity index (χ2n) is 8.90. The molecular formula is C28H23F2N3O4. The number of oxazole rings is 1. The van der Waals surface area contributed by atoms with E-state index in [0.29, 0.717) is 47.6 Å². The van der Waals surface area contributed by atoms with Crippen LogP contribution in [-0.2, 0) is 11.3 Å². The summed E-state index contributed by atoms with van der Waals surface area (Å²) in [6.07, 6.45) is 1.22. The Kier molecular flexibility index (Phi) is 6.59. The smallest absolute Gasteiger partial charge is 0.387 e. The minimum absolute atomic E-state index is 0.0716. The van der Waals surface area contributed by atoms with Crippen molar-refractivity contribution >= 4 is 22.8 Å². The van der Waals surface area contributed by atoms with Gasteiger partial charge in [0.25, 0.3) is 0 Å². The molecule has 0 radical (unpaired) electrons. The van der Waals surface area contributed by atoms with Crippen LogP contribution in [0.15, 0.2) is 59.0 Å². The normalized spacial score (nSPS) is 15.8. The summed E-state index contributed by atoms with van der Waals surface area (Å²) in [6.45, 7) is 7.04. The van der Waals surface area contributed by atoms with E-state index in [1.165, 1.54) is 6.07 Å². The molecular weight excluding hydrogens is 480 g/mol. The minimum Gasteiger partial charge on any atom is -0.480 e. The number of rotatable bonds is 7. The third kappa shape index (κ3) is 4.76. The molecule has 1 aromatic heterocycles. The Morgan fingerprint density at radius 1 is 1.22 bits per heavy atom. The Hall–Kier alpha value is -4.29. The zero-order valence-electron chi connectivity index (χ0n) is 19.9. The molecule has 0 saturated carbocycles. The van der Waals surface area contributed by atoms with Crippen LogP contribution in [-0.4, -0.2) is 40.2 Å². The number of fused-ring (bicyclic) bond motifs is 1. The van der Waals surface area contributed by atoms with E-state index >= 15 is 0 Å². The molecule has 5 rings (SSSR count). The van der Waals surface area contributed by atoms with Gasteiger partial charge in [-0.25, -0.2) is 9.83 Å². The van der Waals surface area contributed by atoms with Gasteiger partial charge < -0.3 is 14.3 Å². The summed E-state index contributed by atoms with van der Waals surface area (Å²) in [5.74, 6) is -0.703. The van der Waals surface area contributed by atoms with Gasteiger partial charge in [0.1, 0.15) is 17.3 Å². The van der Waals surface area contributed by atoms with E-state index < -0.39 is 18.6 Å². The van der Waals surface area contributed by atoms with Crippen LogP contribution in [0.3, 0.4) is 0 Å². The molecule has 1 unspecified atom stereocenters. The standard InChI is InChI=1S/C28H23F2N3O4/c1-16-18(20-7-3-4-10-21(20)31-2)8-5-9-19(16)26-32-22-13-17(15-33-12-6-11-23(33)27(34)35)24(37-28(29)30)14-25(22)36-26/h3-5,7-10,13-14,23,28H,6,11-12,15H2,1H3,(H,34,35). The highest BCUT2D eigenvalue weighted by atomic mass is 19.3. The molecule has 2 heterocycles. The Balaban J connectivity index is 1.56. The summed E-state index contributed by atoms with van der Waals surface area (Å²) in [5, 5.41) is 9.50. The molecule has 188 valence electrons. The van der Waals surface area contributed by atoms with Crippen LogP contribution < -0.4 is 4.74 Å². The maximum atomic E-state index is 13.2. The zero-order chi connectivity index (χ0) is 26.1. The number of carbonyl (C=O) groups is 1. The number of aliphatic carboxylic acids is 1. The highest BCUT2D eigenvalue weighted by Gasteiger charge is 2.31. The van der Waals surface area contributed by atoms with Gasteiger partial charge in [-0.2, -0.15) is 8.78 Å². The van der Waals surface area contributed by atoms with Crippen molar-refractivity contribution in [3.05, 3.63) is 77.1 Å². The van der Waals surface area contributed by atoms with Crippen LogP contribution in [0.1, 0.15) is 24.0 Å². The van der Waals surface area contributed by atoms with Gasteiger partial charge in [-0.3, -0.25) is 9.69 Å². The monoisotopic (exact) mass is 503 g/mol. The number of aromatic nitrogens is 1. The van der Waals surface area contributed by atoms with E-state index in [1.54, 1.807) is 17.0 Å². The molecule has 0 aliphatic carbocycles. The number of nitrogens with zero attached hydrogens (tertiary/aromatic N) is 3. The van der Waals surface area contributed by atoms with Crippen LogP contribution >= 0.6 is 0 Å². The molecule has 9 heteroatoms. The minimum atomic E-state index is -3.05. The van der Waals surface area contributed by atoms with Gasteiger partial charge in [0, 0.05) is 23.7 Å². The van der Waals surface area contributed by atoms with Crippen molar-refractivity contribution in [2.75, 3.05) is 6.54 Å². The third-order valence-corrected chi connectivity index (χ3v) is 6.69. The number of ether oxygens (including phenoxy) is 1. The maximum Gasteiger partial charge on any atom is 0.387 e. The third-order valence-electron chi connectivity index (χ3n) is 6.69. The average molecular weight is 504 g/mol. The summed E-state index contributed by atoms with van der Waals surface area (Å²) in [5.41, 5.74) is 4.88. The number of halogens is 2. The molecule has 0 bridgehead atoms. The summed E-state index contributed by atoms with van der Waals surface area (Å²) >= 11 is 0. The van der Waals surface area contributed by atoms with Crippen molar-refractivity contribution in [2.24, 2.45) is 0 Å². The second kappa shape index (κ2) is 9.99. The lowest BCUT2D eigenvalue weighted by Crippen LogP contribution is -2.35. The first-order chi connectivity index (χ1) is 17.9. The van der Waals surface area contributed by atoms with E-state index in [1.807, 2.05) is 43.3 Å².